The first kappa shape index (κ1) is 20.7. The zero-order chi connectivity index (χ0) is 15.4. The van der Waals surface area contributed by atoms with Crippen molar-refractivity contribution in [2.24, 2.45) is 11.8 Å². The van der Waals surface area contributed by atoms with E-state index in [4.69, 9.17) is 0 Å². The predicted octanol–water partition coefficient (Wildman–Crippen LogP) is 4.04. The molecule has 1 aromatic carbocycles. The third kappa shape index (κ3) is 5.07. The fourth-order valence-electron chi connectivity index (χ4n) is 3.24. The van der Waals surface area contributed by atoms with Gasteiger partial charge in [0.15, 0.2) is 0 Å². The number of hydrogen-bond acceptors (Lipinski definition) is 3. The lowest BCUT2D eigenvalue weighted by atomic mass is 9.85. The van der Waals surface area contributed by atoms with Gasteiger partial charge in [0.1, 0.15) is 0 Å². The molecule has 132 valence electrons. The number of anilines is 1. The number of benzene rings is 1. The highest BCUT2D eigenvalue weighted by Crippen LogP contribution is 2.25. The maximum Gasteiger partial charge on any atom is 0.224 e. The van der Waals surface area contributed by atoms with Gasteiger partial charge in [-0.3, -0.25) is 9.78 Å². The number of pyridine rings is 1. The van der Waals surface area contributed by atoms with Gasteiger partial charge in [-0.1, -0.05) is 13.0 Å². The van der Waals surface area contributed by atoms with Crippen molar-refractivity contribution in [1.82, 2.24) is 10.3 Å². The SMILES string of the molecule is CC(CC(=O)Nc1cccc2ncccc12)C1CCCNC1.Cl.Cl. The molecule has 0 spiro atoms. The van der Waals surface area contributed by atoms with Crippen LogP contribution in [0.1, 0.15) is 26.2 Å². The second kappa shape index (κ2) is 9.82. The van der Waals surface area contributed by atoms with Crippen molar-refractivity contribution < 1.29 is 4.79 Å². The topological polar surface area (TPSA) is 54.0 Å². The van der Waals surface area contributed by atoms with E-state index in [1.165, 1.54) is 12.8 Å². The van der Waals surface area contributed by atoms with Crippen LogP contribution in [0, 0.1) is 11.8 Å². The molecular formula is C18H25Cl2N3O. The van der Waals surface area contributed by atoms with Crippen LogP contribution in [-0.2, 0) is 4.79 Å². The Morgan fingerprint density at radius 2 is 2.17 bits per heavy atom. The Hall–Kier alpha value is -1.36. The predicted molar refractivity (Wildman–Crippen MR) is 104 cm³/mol. The lowest BCUT2D eigenvalue weighted by Crippen LogP contribution is -2.34. The highest BCUT2D eigenvalue weighted by atomic mass is 35.5. The largest absolute Gasteiger partial charge is 0.325 e. The van der Waals surface area contributed by atoms with E-state index >= 15 is 0 Å². The van der Waals surface area contributed by atoms with E-state index in [-0.39, 0.29) is 30.7 Å². The zero-order valence-corrected chi connectivity index (χ0v) is 15.5. The first-order valence-corrected chi connectivity index (χ1v) is 8.08. The van der Waals surface area contributed by atoms with Gasteiger partial charge in [-0.15, -0.1) is 24.8 Å². The maximum absolute atomic E-state index is 12.4. The minimum Gasteiger partial charge on any atom is -0.325 e. The summed E-state index contributed by atoms with van der Waals surface area (Å²) in [4.78, 5) is 16.7. The Bertz CT molecular complexity index is 654. The number of carbonyl (C=O) groups is 1. The molecule has 0 radical (unpaired) electrons. The van der Waals surface area contributed by atoms with Gasteiger partial charge in [0.05, 0.1) is 11.2 Å². The summed E-state index contributed by atoms with van der Waals surface area (Å²) in [5, 5.41) is 7.47. The van der Waals surface area contributed by atoms with Crippen LogP contribution in [0.4, 0.5) is 5.69 Å². The van der Waals surface area contributed by atoms with E-state index in [9.17, 15) is 4.79 Å². The number of amides is 1. The fourth-order valence-corrected chi connectivity index (χ4v) is 3.24. The normalized spacial score (nSPS) is 18.1. The summed E-state index contributed by atoms with van der Waals surface area (Å²) >= 11 is 0. The number of halogens is 2. The van der Waals surface area contributed by atoms with Crippen LogP contribution in [0.5, 0.6) is 0 Å². The molecule has 2 atom stereocenters. The summed E-state index contributed by atoms with van der Waals surface area (Å²) < 4.78 is 0. The molecule has 1 aromatic heterocycles. The van der Waals surface area contributed by atoms with Crippen molar-refractivity contribution in [3.05, 3.63) is 36.5 Å². The fraction of sp³-hybridized carbons (Fsp3) is 0.444. The van der Waals surface area contributed by atoms with Gasteiger partial charge in [0, 0.05) is 18.0 Å². The van der Waals surface area contributed by atoms with Gasteiger partial charge in [-0.05, 0) is 62.0 Å². The van der Waals surface area contributed by atoms with Crippen molar-refractivity contribution in [2.45, 2.75) is 26.2 Å². The number of nitrogens with zero attached hydrogens (tertiary/aromatic N) is 1. The van der Waals surface area contributed by atoms with E-state index in [1.54, 1.807) is 6.20 Å². The second-order valence-electron chi connectivity index (χ2n) is 6.21. The Morgan fingerprint density at radius 3 is 2.92 bits per heavy atom. The van der Waals surface area contributed by atoms with Crippen LogP contribution in [0.3, 0.4) is 0 Å². The van der Waals surface area contributed by atoms with Crippen LogP contribution in [0.25, 0.3) is 10.9 Å². The van der Waals surface area contributed by atoms with E-state index < -0.39 is 0 Å². The molecule has 6 heteroatoms. The Labute approximate surface area is 155 Å². The number of nitrogens with one attached hydrogen (secondary N) is 2. The molecule has 1 aliphatic rings. The third-order valence-electron chi connectivity index (χ3n) is 4.57. The average Bonchev–Trinajstić information content (AvgIpc) is 2.56. The third-order valence-corrected chi connectivity index (χ3v) is 4.57. The minimum atomic E-state index is 0. The highest BCUT2D eigenvalue weighted by molar-refractivity contribution is 6.00. The van der Waals surface area contributed by atoms with Gasteiger partial charge >= 0.3 is 0 Å². The molecule has 1 amide bonds. The summed E-state index contributed by atoms with van der Waals surface area (Å²) in [6, 6.07) is 9.72. The smallest absolute Gasteiger partial charge is 0.224 e. The number of carbonyl (C=O) groups excluding carboxylic acids is 1. The summed E-state index contributed by atoms with van der Waals surface area (Å²) in [6.45, 7) is 4.33. The molecule has 0 aliphatic carbocycles. The van der Waals surface area contributed by atoms with Crippen molar-refractivity contribution in [2.75, 3.05) is 18.4 Å². The number of piperidine rings is 1. The molecule has 24 heavy (non-hydrogen) atoms. The summed E-state index contributed by atoms with van der Waals surface area (Å²) in [5.41, 5.74) is 1.76. The molecule has 1 saturated heterocycles. The lowest BCUT2D eigenvalue weighted by molar-refractivity contribution is -0.117. The van der Waals surface area contributed by atoms with E-state index in [0.29, 0.717) is 18.3 Å². The molecule has 1 aliphatic heterocycles. The van der Waals surface area contributed by atoms with Gasteiger partial charge in [0.25, 0.3) is 0 Å². The molecule has 1 fully saturated rings. The van der Waals surface area contributed by atoms with Crippen LogP contribution >= 0.6 is 24.8 Å². The summed E-state index contributed by atoms with van der Waals surface area (Å²) in [6.07, 6.45) is 4.78. The molecule has 2 N–H and O–H groups in total. The highest BCUT2D eigenvalue weighted by Gasteiger charge is 2.22. The van der Waals surface area contributed by atoms with Gasteiger partial charge in [-0.25, -0.2) is 0 Å². The Balaban J connectivity index is 0.00000144. The molecule has 0 bridgehead atoms. The van der Waals surface area contributed by atoms with Crippen molar-refractivity contribution in [3.63, 3.8) is 0 Å². The first-order valence-electron chi connectivity index (χ1n) is 8.08. The molecule has 3 rings (SSSR count). The van der Waals surface area contributed by atoms with E-state index in [2.05, 4.69) is 22.5 Å². The molecule has 2 heterocycles. The molecular weight excluding hydrogens is 345 g/mol. The number of hydrogen-bond donors (Lipinski definition) is 2. The molecule has 0 saturated carbocycles. The summed E-state index contributed by atoms with van der Waals surface area (Å²) in [7, 11) is 0. The Kier molecular flexibility index (Phi) is 8.46. The number of fused-ring (bicyclic) bond motifs is 1. The number of aromatic nitrogens is 1. The van der Waals surface area contributed by atoms with Crippen molar-refractivity contribution in [1.29, 1.82) is 0 Å². The molecule has 2 aromatic rings. The van der Waals surface area contributed by atoms with Gasteiger partial charge < -0.3 is 10.6 Å². The number of rotatable bonds is 4. The molecule has 4 nitrogen and oxygen atoms in total. The standard InChI is InChI=1S/C18H23N3O.2ClH/c1-13(14-5-3-9-19-12-14)11-18(22)21-17-8-2-7-16-15(17)6-4-10-20-16;;/h2,4,6-8,10,13-14,19H,3,5,9,11-12H2,1H3,(H,21,22);2*1H. The Morgan fingerprint density at radius 1 is 1.33 bits per heavy atom. The maximum atomic E-state index is 12.4. The first-order chi connectivity index (χ1) is 10.7. The van der Waals surface area contributed by atoms with Crippen LogP contribution in [0.2, 0.25) is 0 Å². The summed E-state index contributed by atoms with van der Waals surface area (Å²) in [5.74, 6) is 1.10. The van der Waals surface area contributed by atoms with Gasteiger partial charge in [-0.2, -0.15) is 0 Å². The zero-order valence-electron chi connectivity index (χ0n) is 13.8. The van der Waals surface area contributed by atoms with Crippen LogP contribution < -0.4 is 10.6 Å². The van der Waals surface area contributed by atoms with Crippen molar-refractivity contribution in [3.8, 4) is 0 Å². The van der Waals surface area contributed by atoms with Crippen molar-refractivity contribution >= 4 is 47.3 Å². The van der Waals surface area contributed by atoms with Crippen LogP contribution in [-0.4, -0.2) is 24.0 Å². The lowest BCUT2D eigenvalue weighted by Gasteiger charge is -2.28. The molecule has 2 unspecified atom stereocenters. The monoisotopic (exact) mass is 369 g/mol. The van der Waals surface area contributed by atoms with E-state index in [1.807, 2.05) is 30.3 Å². The van der Waals surface area contributed by atoms with E-state index in [0.717, 1.165) is 29.7 Å². The quantitative estimate of drug-likeness (QED) is 0.854. The minimum absolute atomic E-state index is 0. The second-order valence-corrected chi connectivity index (χ2v) is 6.21. The van der Waals surface area contributed by atoms with Crippen LogP contribution in [0.15, 0.2) is 36.5 Å². The van der Waals surface area contributed by atoms with Gasteiger partial charge in [0.2, 0.25) is 5.91 Å². The average molecular weight is 370 g/mol.